The lowest BCUT2D eigenvalue weighted by Gasteiger charge is -2.14. The Hall–Kier alpha value is 0.130. The molecule has 0 radical (unpaired) electrons. The van der Waals surface area contributed by atoms with E-state index in [1.807, 2.05) is 24.3 Å². The van der Waals surface area contributed by atoms with Gasteiger partial charge in [0.2, 0.25) is 0 Å². The molecule has 0 bridgehead atoms. The minimum atomic E-state index is -0.886. The summed E-state index contributed by atoms with van der Waals surface area (Å²) in [6.45, 7) is 0. The molecule has 0 saturated heterocycles. The Kier molecular flexibility index (Phi) is 4.60. The van der Waals surface area contributed by atoms with E-state index in [1.54, 1.807) is 0 Å². The topological polar surface area (TPSA) is 37.3 Å². The molecule has 0 aliphatic carbocycles. The van der Waals surface area contributed by atoms with Crippen molar-refractivity contribution < 1.29 is 9.90 Å². The van der Waals surface area contributed by atoms with E-state index in [-0.39, 0.29) is 4.83 Å². The van der Waals surface area contributed by atoms with Gasteiger partial charge in [-0.2, -0.15) is 0 Å². The Morgan fingerprint density at radius 1 is 1.29 bits per heavy atom. The van der Waals surface area contributed by atoms with Crippen LogP contribution in [0.4, 0.5) is 0 Å². The maximum Gasteiger partial charge on any atom is 0.318 e. The van der Waals surface area contributed by atoms with Gasteiger partial charge in [0.15, 0.2) is 0 Å². The van der Waals surface area contributed by atoms with Crippen LogP contribution in [0.3, 0.4) is 0 Å². The highest BCUT2D eigenvalue weighted by atomic mass is 79.9. The van der Waals surface area contributed by atoms with Crippen molar-refractivity contribution in [1.82, 2.24) is 0 Å². The molecule has 0 unspecified atom stereocenters. The van der Waals surface area contributed by atoms with Gasteiger partial charge in [-0.1, -0.05) is 66.0 Å². The molecule has 0 aromatic heterocycles. The lowest BCUT2D eigenvalue weighted by atomic mass is 10.1. The second-order valence-corrected chi connectivity index (χ2v) is 5.49. The van der Waals surface area contributed by atoms with Gasteiger partial charge in [-0.25, -0.2) is 0 Å². The van der Waals surface area contributed by atoms with Gasteiger partial charge < -0.3 is 5.11 Å². The zero-order chi connectivity index (χ0) is 10.7. The molecule has 1 rings (SSSR count). The summed E-state index contributed by atoms with van der Waals surface area (Å²) in [5, 5.41) is 8.81. The van der Waals surface area contributed by atoms with Gasteiger partial charge in [0.05, 0.1) is 4.83 Å². The van der Waals surface area contributed by atoms with E-state index in [1.165, 1.54) is 0 Å². The van der Waals surface area contributed by atoms with Gasteiger partial charge in [0.1, 0.15) is 4.83 Å². The van der Waals surface area contributed by atoms with Gasteiger partial charge in [0, 0.05) is 4.47 Å². The third kappa shape index (κ3) is 2.81. The number of hydrogen-bond acceptors (Lipinski definition) is 1. The highest BCUT2D eigenvalue weighted by Crippen LogP contribution is 2.35. The van der Waals surface area contributed by atoms with Crippen molar-refractivity contribution in [2.24, 2.45) is 0 Å². The Balaban J connectivity index is 2.94. The molecule has 0 saturated carbocycles. The second-order valence-electron chi connectivity index (χ2n) is 2.66. The maximum atomic E-state index is 10.7. The largest absolute Gasteiger partial charge is 0.480 e. The van der Waals surface area contributed by atoms with E-state index in [0.29, 0.717) is 0 Å². The van der Waals surface area contributed by atoms with Crippen molar-refractivity contribution >= 4 is 53.8 Å². The Bertz CT molecular complexity index is 341. The molecule has 2 atom stereocenters. The third-order valence-electron chi connectivity index (χ3n) is 1.70. The average molecular weight is 387 g/mol. The van der Waals surface area contributed by atoms with Crippen LogP contribution in [0.5, 0.6) is 0 Å². The molecule has 2 nitrogen and oxygen atoms in total. The smallest absolute Gasteiger partial charge is 0.318 e. The summed E-state index contributed by atoms with van der Waals surface area (Å²) in [5.41, 5.74) is 0.914. The lowest BCUT2D eigenvalue weighted by molar-refractivity contribution is -0.136. The summed E-state index contributed by atoms with van der Waals surface area (Å²) < 4.78 is 0.896. The van der Waals surface area contributed by atoms with E-state index >= 15 is 0 Å². The molecule has 1 aromatic carbocycles. The predicted molar refractivity (Wildman–Crippen MR) is 66.2 cm³/mol. The summed E-state index contributed by atoms with van der Waals surface area (Å²) in [4.78, 5) is 9.84. The lowest BCUT2D eigenvalue weighted by Crippen LogP contribution is -2.18. The molecule has 0 spiro atoms. The van der Waals surface area contributed by atoms with Crippen molar-refractivity contribution in [2.75, 3.05) is 0 Å². The number of carboxylic acid groups (broad SMARTS) is 1. The first kappa shape index (κ1) is 12.2. The predicted octanol–water partition coefficient (Wildman–Crippen LogP) is 3.73. The number of carboxylic acids is 1. The van der Waals surface area contributed by atoms with Gasteiger partial charge in [-0.3, -0.25) is 4.79 Å². The minimum Gasteiger partial charge on any atom is -0.480 e. The van der Waals surface area contributed by atoms with Crippen molar-refractivity contribution in [3.8, 4) is 0 Å². The van der Waals surface area contributed by atoms with Crippen molar-refractivity contribution in [3.63, 3.8) is 0 Å². The highest BCUT2D eigenvalue weighted by Gasteiger charge is 2.25. The number of alkyl halides is 2. The number of hydrogen-bond donors (Lipinski definition) is 1. The van der Waals surface area contributed by atoms with Crippen LogP contribution in [0.25, 0.3) is 0 Å². The van der Waals surface area contributed by atoms with E-state index in [2.05, 4.69) is 47.8 Å². The average Bonchev–Trinajstić information content (AvgIpc) is 2.16. The number of carbonyl (C=O) groups is 1. The molecule has 1 aromatic rings. The first-order valence-corrected chi connectivity index (χ1v) is 6.42. The standard InChI is InChI=1S/C9H7Br3O2/c10-6-4-2-1-3-5(6)7(11)8(12)9(13)14/h1-4,7-8H,(H,13,14)/t7-,8+/m0/s1. The Morgan fingerprint density at radius 2 is 1.86 bits per heavy atom. The monoisotopic (exact) mass is 384 g/mol. The fourth-order valence-corrected chi connectivity index (χ4v) is 2.73. The van der Waals surface area contributed by atoms with Gasteiger partial charge in [-0.15, -0.1) is 0 Å². The summed E-state index contributed by atoms with van der Waals surface area (Å²) in [6.07, 6.45) is 0. The molecular weight excluding hydrogens is 380 g/mol. The van der Waals surface area contributed by atoms with Crippen LogP contribution in [0.2, 0.25) is 0 Å². The van der Waals surface area contributed by atoms with Crippen molar-refractivity contribution in [1.29, 1.82) is 0 Å². The molecule has 76 valence electrons. The molecule has 0 aliphatic rings. The van der Waals surface area contributed by atoms with Crippen LogP contribution in [-0.2, 0) is 4.79 Å². The highest BCUT2D eigenvalue weighted by molar-refractivity contribution is 9.12. The third-order valence-corrected chi connectivity index (χ3v) is 5.07. The first-order chi connectivity index (χ1) is 6.54. The minimum absolute atomic E-state index is 0.254. The van der Waals surface area contributed by atoms with Crippen LogP contribution < -0.4 is 0 Å². The van der Waals surface area contributed by atoms with E-state index < -0.39 is 10.8 Å². The summed E-state index contributed by atoms with van der Waals surface area (Å²) in [7, 11) is 0. The van der Waals surface area contributed by atoms with Crippen molar-refractivity contribution in [2.45, 2.75) is 9.65 Å². The summed E-state index contributed by atoms with van der Waals surface area (Å²) in [5.74, 6) is -0.886. The second kappa shape index (κ2) is 5.28. The molecule has 0 fully saturated rings. The molecule has 14 heavy (non-hydrogen) atoms. The molecule has 0 heterocycles. The number of rotatable bonds is 3. The fraction of sp³-hybridized carbons (Fsp3) is 0.222. The zero-order valence-corrected chi connectivity index (χ0v) is 11.7. The van der Waals surface area contributed by atoms with Crippen LogP contribution in [0.15, 0.2) is 28.7 Å². The number of benzene rings is 1. The summed E-state index contributed by atoms with van der Waals surface area (Å²) in [6, 6.07) is 7.51. The Labute approximate surface area is 107 Å². The Morgan fingerprint density at radius 3 is 2.36 bits per heavy atom. The molecular formula is C9H7Br3O2. The van der Waals surface area contributed by atoms with Crippen LogP contribution in [0, 0.1) is 0 Å². The zero-order valence-electron chi connectivity index (χ0n) is 6.95. The fourth-order valence-electron chi connectivity index (χ4n) is 0.982. The van der Waals surface area contributed by atoms with Gasteiger partial charge in [0.25, 0.3) is 0 Å². The van der Waals surface area contributed by atoms with Gasteiger partial charge in [-0.05, 0) is 11.6 Å². The van der Waals surface area contributed by atoms with E-state index in [4.69, 9.17) is 5.11 Å². The molecule has 5 heteroatoms. The van der Waals surface area contributed by atoms with Gasteiger partial charge >= 0.3 is 5.97 Å². The first-order valence-electron chi connectivity index (χ1n) is 3.79. The van der Waals surface area contributed by atoms with Crippen LogP contribution >= 0.6 is 47.8 Å². The maximum absolute atomic E-state index is 10.7. The number of aliphatic carboxylic acids is 1. The SMILES string of the molecule is O=C(O)[C@H](Br)[C@@H](Br)c1ccccc1Br. The number of halogens is 3. The quantitative estimate of drug-likeness (QED) is 0.804. The van der Waals surface area contributed by atoms with E-state index in [0.717, 1.165) is 10.0 Å². The molecule has 0 amide bonds. The molecule has 1 N–H and O–H groups in total. The molecule has 0 aliphatic heterocycles. The van der Waals surface area contributed by atoms with Crippen molar-refractivity contribution in [3.05, 3.63) is 34.3 Å². The normalized spacial score (nSPS) is 14.8. The van der Waals surface area contributed by atoms with Crippen LogP contribution in [0.1, 0.15) is 10.4 Å². The summed E-state index contributed by atoms with van der Waals surface area (Å²) >= 11 is 9.83. The van der Waals surface area contributed by atoms with Crippen LogP contribution in [-0.4, -0.2) is 15.9 Å². The van der Waals surface area contributed by atoms with E-state index in [9.17, 15) is 4.79 Å².